The van der Waals surface area contributed by atoms with E-state index in [9.17, 15) is 9.59 Å². The van der Waals surface area contributed by atoms with Gasteiger partial charge >= 0.3 is 5.97 Å². The summed E-state index contributed by atoms with van der Waals surface area (Å²) in [6.45, 7) is 0. The maximum atomic E-state index is 12.1. The third kappa shape index (κ3) is 3.76. The predicted molar refractivity (Wildman–Crippen MR) is 83.1 cm³/mol. The first-order valence-electron chi connectivity index (χ1n) is 6.55. The minimum Gasteiger partial charge on any atom is -0.495 e. The highest BCUT2D eigenvalue weighted by Crippen LogP contribution is 2.25. The molecule has 0 unspecified atom stereocenters. The number of nitrogen functional groups attached to an aromatic ring is 1. The lowest BCUT2D eigenvalue weighted by Crippen LogP contribution is -2.15. The standard InChI is InChI=1S/C16H16N2O4/c1-22-14-7-4-11(16(20)21)9-13(14)18-15(19)8-10-2-5-12(17)6-3-10/h2-7,9H,8,17H2,1H3,(H,18,19)(H,20,21). The Balaban J connectivity index is 2.14. The number of nitrogens with two attached hydrogens (primary N) is 1. The van der Waals surface area contributed by atoms with Crippen LogP contribution in [0.1, 0.15) is 15.9 Å². The summed E-state index contributed by atoms with van der Waals surface area (Å²) in [5.74, 6) is -0.946. The zero-order valence-corrected chi connectivity index (χ0v) is 12.0. The number of aromatic carboxylic acids is 1. The summed E-state index contributed by atoms with van der Waals surface area (Å²) in [4.78, 5) is 23.1. The molecule has 0 aromatic heterocycles. The highest BCUT2D eigenvalue weighted by molar-refractivity contribution is 5.96. The maximum absolute atomic E-state index is 12.1. The SMILES string of the molecule is COc1ccc(C(=O)O)cc1NC(=O)Cc1ccc(N)cc1. The van der Waals surface area contributed by atoms with Crippen molar-refractivity contribution in [2.45, 2.75) is 6.42 Å². The molecule has 2 rings (SSSR count). The number of carbonyl (C=O) groups is 2. The van der Waals surface area contributed by atoms with Gasteiger partial charge in [-0.25, -0.2) is 4.79 Å². The fourth-order valence-corrected chi connectivity index (χ4v) is 1.95. The van der Waals surface area contributed by atoms with Crippen molar-refractivity contribution in [3.63, 3.8) is 0 Å². The smallest absolute Gasteiger partial charge is 0.335 e. The third-order valence-corrected chi connectivity index (χ3v) is 3.06. The van der Waals surface area contributed by atoms with E-state index in [1.807, 2.05) is 0 Å². The Hall–Kier alpha value is -3.02. The van der Waals surface area contributed by atoms with Crippen LogP contribution in [0.3, 0.4) is 0 Å². The highest BCUT2D eigenvalue weighted by atomic mass is 16.5. The van der Waals surface area contributed by atoms with Crippen molar-refractivity contribution < 1.29 is 19.4 Å². The molecule has 2 aromatic carbocycles. The third-order valence-electron chi connectivity index (χ3n) is 3.06. The molecule has 6 nitrogen and oxygen atoms in total. The van der Waals surface area contributed by atoms with Gasteiger partial charge < -0.3 is 20.9 Å². The maximum Gasteiger partial charge on any atom is 0.335 e. The summed E-state index contributed by atoms with van der Waals surface area (Å²) in [5, 5.41) is 11.7. The summed E-state index contributed by atoms with van der Waals surface area (Å²) in [6.07, 6.45) is 0.154. The van der Waals surface area contributed by atoms with Gasteiger partial charge in [0.15, 0.2) is 0 Å². The van der Waals surface area contributed by atoms with Crippen LogP contribution in [0.5, 0.6) is 5.75 Å². The summed E-state index contributed by atoms with van der Waals surface area (Å²) < 4.78 is 5.12. The van der Waals surface area contributed by atoms with Crippen LogP contribution in [0.15, 0.2) is 42.5 Å². The number of carboxylic acid groups (broad SMARTS) is 1. The van der Waals surface area contributed by atoms with E-state index in [0.717, 1.165) is 5.56 Å². The molecule has 0 aliphatic rings. The van der Waals surface area contributed by atoms with Crippen molar-refractivity contribution in [3.8, 4) is 5.75 Å². The monoisotopic (exact) mass is 300 g/mol. The Labute approximate surface area is 127 Å². The van der Waals surface area contributed by atoms with Crippen molar-refractivity contribution in [1.82, 2.24) is 0 Å². The quantitative estimate of drug-likeness (QED) is 0.734. The topological polar surface area (TPSA) is 102 Å². The molecule has 0 spiro atoms. The Morgan fingerprint density at radius 2 is 1.86 bits per heavy atom. The molecule has 0 saturated heterocycles. The second kappa shape index (κ2) is 6.62. The van der Waals surface area contributed by atoms with Gasteiger partial charge in [0.05, 0.1) is 24.8 Å². The summed E-state index contributed by atoms with van der Waals surface area (Å²) in [5.41, 5.74) is 7.42. The molecule has 0 saturated carbocycles. The lowest BCUT2D eigenvalue weighted by molar-refractivity contribution is -0.115. The number of hydrogen-bond donors (Lipinski definition) is 3. The van der Waals surface area contributed by atoms with E-state index in [0.29, 0.717) is 17.1 Å². The first-order chi connectivity index (χ1) is 10.5. The van der Waals surface area contributed by atoms with Crippen LogP contribution in [-0.2, 0) is 11.2 Å². The molecule has 0 radical (unpaired) electrons. The average molecular weight is 300 g/mol. The second-order valence-corrected chi connectivity index (χ2v) is 4.69. The molecule has 0 aliphatic heterocycles. The van der Waals surface area contributed by atoms with Crippen molar-refractivity contribution in [1.29, 1.82) is 0 Å². The minimum absolute atomic E-state index is 0.0728. The largest absolute Gasteiger partial charge is 0.495 e. The molecule has 2 aromatic rings. The van der Waals surface area contributed by atoms with E-state index in [4.69, 9.17) is 15.6 Å². The van der Waals surface area contributed by atoms with Crippen LogP contribution in [0.2, 0.25) is 0 Å². The van der Waals surface area contributed by atoms with Crippen LogP contribution in [-0.4, -0.2) is 24.1 Å². The molecular formula is C16H16N2O4. The van der Waals surface area contributed by atoms with Gasteiger partial charge in [0.1, 0.15) is 5.75 Å². The fraction of sp³-hybridized carbons (Fsp3) is 0.125. The van der Waals surface area contributed by atoms with Crippen LogP contribution in [0.4, 0.5) is 11.4 Å². The number of amides is 1. The van der Waals surface area contributed by atoms with Crippen molar-refractivity contribution in [2.75, 3.05) is 18.2 Å². The Bertz CT molecular complexity index is 696. The van der Waals surface area contributed by atoms with E-state index in [-0.39, 0.29) is 17.9 Å². The number of carboxylic acids is 1. The van der Waals surface area contributed by atoms with Gasteiger partial charge in [-0.05, 0) is 35.9 Å². The number of carbonyl (C=O) groups excluding carboxylic acids is 1. The predicted octanol–water partition coefficient (Wildman–Crippen LogP) is 2.16. The molecule has 0 atom stereocenters. The number of methoxy groups -OCH3 is 1. The van der Waals surface area contributed by atoms with Crippen LogP contribution >= 0.6 is 0 Å². The van der Waals surface area contributed by atoms with Crippen molar-refractivity contribution >= 4 is 23.3 Å². The van der Waals surface area contributed by atoms with Crippen LogP contribution in [0, 0.1) is 0 Å². The molecular weight excluding hydrogens is 284 g/mol. The number of rotatable bonds is 5. The van der Waals surface area contributed by atoms with Gasteiger partial charge in [-0.2, -0.15) is 0 Å². The number of benzene rings is 2. The molecule has 0 heterocycles. The van der Waals surface area contributed by atoms with Gasteiger partial charge in [0.2, 0.25) is 5.91 Å². The fourth-order valence-electron chi connectivity index (χ4n) is 1.95. The lowest BCUT2D eigenvalue weighted by atomic mass is 10.1. The number of hydrogen-bond acceptors (Lipinski definition) is 4. The second-order valence-electron chi connectivity index (χ2n) is 4.69. The summed E-state index contributed by atoms with van der Waals surface area (Å²) in [7, 11) is 1.45. The molecule has 6 heteroatoms. The first kappa shape index (κ1) is 15.4. The summed E-state index contributed by atoms with van der Waals surface area (Å²) >= 11 is 0. The lowest BCUT2D eigenvalue weighted by Gasteiger charge is -2.11. The molecule has 4 N–H and O–H groups in total. The number of nitrogens with one attached hydrogen (secondary N) is 1. The molecule has 114 valence electrons. The zero-order chi connectivity index (χ0) is 16.1. The van der Waals surface area contributed by atoms with Gasteiger partial charge in [-0.1, -0.05) is 12.1 Å². The van der Waals surface area contributed by atoms with Crippen molar-refractivity contribution in [3.05, 3.63) is 53.6 Å². The first-order valence-corrected chi connectivity index (χ1v) is 6.55. The van der Waals surface area contributed by atoms with E-state index < -0.39 is 5.97 Å². The molecule has 1 amide bonds. The van der Waals surface area contributed by atoms with E-state index in [1.165, 1.54) is 25.3 Å². The molecule has 0 aliphatic carbocycles. The van der Waals surface area contributed by atoms with Crippen LogP contribution < -0.4 is 15.8 Å². The van der Waals surface area contributed by atoms with E-state index in [2.05, 4.69) is 5.32 Å². The Kier molecular flexibility index (Phi) is 4.63. The van der Waals surface area contributed by atoms with Crippen molar-refractivity contribution in [2.24, 2.45) is 0 Å². The minimum atomic E-state index is -1.07. The van der Waals surface area contributed by atoms with Crippen LogP contribution in [0.25, 0.3) is 0 Å². The highest BCUT2D eigenvalue weighted by Gasteiger charge is 2.12. The van der Waals surface area contributed by atoms with E-state index >= 15 is 0 Å². The average Bonchev–Trinajstić information content (AvgIpc) is 2.49. The van der Waals surface area contributed by atoms with E-state index in [1.54, 1.807) is 24.3 Å². The Morgan fingerprint density at radius 3 is 2.45 bits per heavy atom. The van der Waals surface area contributed by atoms with Gasteiger partial charge in [-0.3, -0.25) is 4.79 Å². The van der Waals surface area contributed by atoms with Gasteiger partial charge in [0, 0.05) is 5.69 Å². The zero-order valence-electron chi connectivity index (χ0n) is 12.0. The van der Waals surface area contributed by atoms with Gasteiger partial charge in [-0.15, -0.1) is 0 Å². The molecule has 0 fully saturated rings. The molecule has 0 bridgehead atoms. The number of anilines is 2. The van der Waals surface area contributed by atoms with Gasteiger partial charge in [0.25, 0.3) is 0 Å². The Morgan fingerprint density at radius 1 is 1.18 bits per heavy atom. The molecule has 22 heavy (non-hydrogen) atoms. The summed E-state index contributed by atoms with van der Waals surface area (Å²) in [6, 6.07) is 11.2. The number of ether oxygens (including phenoxy) is 1. The normalized spacial score (nSPS) is 10.0.